The Morgan fingerprint density at radius 3 is 2.48 bits per heavy atom. The van der Waals surface area contributed by atoms with E-state index in [-0.39, 0.29) is 16.7 Å². The van der Waals surface area contributed by atoms with Crippen LogP contribution in [0.25, 0.3) is 0 Å². The second kappa shape index (κ2) is 6.13. The van der Waals surface area contributed by atoms with Crippen LogP contribution in [0.4, 0.5) is 13.2 Å². The number of hydrogen-bond acceptors (Lipinski definition) is 6. The number of rotatable bonds is 4. The predicted molar refractivity (Wildman–Crippen MR) is 90.7 cm³/mol. The van der Waals surface area contributed by atoms with Gasteiger partial charge < -0.3 is 4.52 Å². The molecule has 1 aliphatic carbocycles. The Bertz CT molecular complexity index is 1140. The Morgan fingerprint density at radius 1 is 1.17 bits per heavy atom. The molecule has 0 spiro atoms. The van der Waals surface area contributed by atoms with Gasteiger partial charge in [-0.3, -0.25) is 5.10 Å². The molecule has 1 aliphatic heterocycles. The number of benzene rings is 1. The number of halogens is 3. The summed E-state index contributed by atoms with van der Waals surface area (Å²) in [5.41, 5.74) is 0.256. The van der Waals surface area contributed by atoms with Crippen LogP contribution in [0.5, 0.6) is 0 Å². The monoisotopic (exact) mass is 425 g/mol. The summed E-state index contributed by atoms with van der Waals surface area (Å²) in [7, 11) is -4.18. The average molecular weight is 425 g/mol. The minimum absolute atomic E-state index is 0.0528. The fourth-order valence-electron chi connectivity index (χ4n) is 3.81. The topological polar surface area (TPSA) is 105 Å². The van der Waals surface area contributed by atoms with E-state index in [1.165, 1.54) is 4.31 Å². The average Bonchev–Trinajstić information content (AvgIpc) is 3.08. The van der Waals surface area contributed by atoms with Crippen LogP contribution in [0.1, 0.15) is 47.6 Å². The number of aromatic nitrogens is 4. The van der Waals surface area contributed by atoms with Crippen molar-refractivity contribution in [2.24, 2.45) is 5.92 Å². The van der Waals surface area contributed by atoms with Crippen molar-refractivity contribution >= 4 is 10.0 Å². The van der Waals surface area contributed by atoms with Gasteiger partial charge in [0.25, 0.3) is 5.89 Å². The largest absolute Gasteiger partial charge is 0.416 e. The summed E-state index contributed by atoms with van der Waals surface area (Å²) in [6.45, 7) is 0. The van der Waals surface area contributed by atoms with Crippen LogP contribution < -0.4 is 0 Å². The summed E-state index contributed by atoms with van der Waals surface area (Å²) >= 11 is 0. The number of alkyl halides is 3. The molecule has 2 aromatic heterocycles. The smallest absolute Gasteiger partial charge is 0.337 e. The van der Waals surface area contributed by atoms with Crippen LogP contribution in [-0.2, 0) is 16.2 Å². The van der Waals surface area contributed by atoms with E-state index in [0.717, 1.165) is 43.4 Å². The molecule has 0 saturated heterocycles. The maximum atomic E-state index is 13.5. The van der Waals surface area contributed by atoms with Crippen LogP contribution in [-0.4, -0.2) is 33.1 Å². The molecule has 0 radical (unpaired) electrons. The Hall–Kier alpha value is -2.73. The molecule has 3 aromatic rings. The van der Waals surface area contributed by atoms with Crippen LogP contribution in [0.2, 0.25) is 0 Å². The van der Waals surface area contributed by atoms with Gasteiger partial charge in [-0.2, -0.15) is 27.6 Å². The van der Waals surface area contributed by atoms with Crippen LogP contribution in [0, 0.1) is 5.92 Å². The van der Waals surface area contributed by atoms with Gasteiger partial charge in [0.05, 0.1) is 22.2 Å². The first-order valence-electron chi connectivity index (χ1n) is 8.79. The number of H-pyrrole nitrogens is 1. The van der Waals surface area contributed by atoms with E-state index in [0.29, 0.717) is 11.3 Å². The maximum absolute atomic E-state index is 13.5. The highest BCUT2D eigenvalue weighted by Crippen LogP contribution is 2.56. The lowest BCUT2D eigenvalue weighted by molar-refractivity contribution is -0.137. The zero-order valence-corrected chi connectivity index (χ0v) is 15.5. The van der Waals surface area contributed by atoms with Crippen LogP contribution >= 0.6 is 0 Å². The Labute approximate surface area is 162 Å². The summed E-state index contributed by atoms with van der Waals surface area (Å²) in [5.74, 6) is 0.139. The fraction of sp³-hybridized carbons (Fsp3) is 0.353. The molecule has 12 heteroatoms. The highest BCUT2D eigenvalue weighted by atomic mass is 32.2. The molecule has 1 N–H and O–H groups in total. The first-order chi connectivity index (χ1) is 13.8. The van der Waals surface area contributed by atoms with Gasteiger partial charge in [-0.15, -0.1) is 0 Å². The third-order valence-corrected chi connectivity index (χ3v) is 7.11. The molecule has 152 valence electrons. The number of nitrogens with one attached hydrogen (secondary N) is 1. The van der Waals surface area contributed by atoms with Crippen molar-refractivity contribution in [1.82, 2.24) is 24.6 Å². The molecule has 2 atom stereocenters. The number of nitrogens with zero attached hydrogens (tertiary/aromatic N) is 4. The minimum atomic E-state index is -4.55. The number of aromatic amines is 1. The third-order valence-electron chi connectivity index (χ3n) is 5.24. The number of fused-ring (bicyclic) bond motifs is 1. The summed E-state index contributed by atoms with van der Waals surface area (Å²) < 4.78 is 72.1. The zero-order valence-electron chi connectivity index (χ0n) is 14.7. The van der Waals surface area contributed by atoms with Gasteiger partial charge in [0.15, 0.2) is 6.33 Å². The lowest BCUT2D eigenvalue weighted by atomic mass is 10.1. The van der Waals surface area contributed by atoms with E-state index in [4.69, 9.17) is 4.52 Å². The minimum Gasteiger partial charge on any atom is -0.337 e. The van der Waals surface area contributed by atoms with Crippen molar-refractivity contribution < 1.29 is 26.1 Å². The molecule has 2 aliphatic rings. The quantitative estimate of drug-likeness (QED) is 0.689. The van der Waals surface area contributed by atoms with Gasteiger partial charge in [0.2, 0.25) is 10.0 Å². The Balaban J connectivity index is 1.62. The van der Waals surface area contributed by atoms with Crippen molar-refractivity contribution in [3.8, 4) is 0 Å². The molecule has 1 saturated carbocycles. The van der Waals surface area contributed by atoms with Crippen molar-refractivity contribution in [2.75, 3.05) is 0 Å². The Kier molecular flexibility index (Phi) is 3.87. The van der Waals surface area contributed by atoms with Gasteiger partial charge in [-0.25, -0.2) is 8.42 Å². The van der Waals surface area contributed by atoms with E-state index < -0.39 is 33.8 Å². The summed E-state index contributed by atoms with van der Waals surface area (Å²) in [6.07, 6.45) is -0.0737. The normalized spacial score (nSPS) is 22.7. The zero-order chi connectivity index (χ0) is 20.4. The molecule has 1 fully saturated rings. The first-order valence-corrected chi connectivity index (χ1v) is 10.2. The molecule has 3 heterocycles. The van der Waals surface area contributed by atoms with Crippen LogP contribution in [0.15, 0.2) is 46.2 Å². The molecule has 29 heavy (non-hydrogen) atoms. The van der Waals surface area contributed by atoms with Gasteiger partial charge in [0.1, 0.15) is 6.04 Å². The lowest BCUT2D eigenvalue weighted by Crippen LogP contribution is -2.35. The third kappa shape index (κ3) is 2.85. The molecular formula is C17H14F3N5O3S. The summed E-state index contributed by atoms with van der Waals surface area (Å²) in [4.78, 5) is 3.77. The highest BCUT2D eigenvalue weighted by Gasteiger charge is 2.55. The van der Waals surface area contributed by atoms with E-state index in [9.17, 15) is 21.6 Å². The number of sulfonamides is 1. The molecule has 1 aromatic carbocycles. The van der Waals surface area contributed by atoms with Gasteiger partial charge >= 0.3 is 6.18 Å². The lowest BCUT2D eigenvalue weighted by Gasteiger charge is -2.28. The standard InChI is InChI=1S/C17H14F3N5O3S/c18-17(19,20)10-3-5-11(6-4-10)29(26,27)25-14(9-1-2-9)12-7-22-24-13(12)15(25)16-21-8-23-28-16/h3-9,14-15H,1-2H2,(H,22,24). The molecule has 0 bridgehead atoms. The first kappa shape index (κ1) is 18.3. The van der Waals surface area contributed by atoms with Crippen molar-refractivity contribution in [1.29, 1.82) is 0 Å². The molecule has 8 nitrogen and oxygen atoms in total. The summed E-state index contributed by atoms with van der Waals surface area (Å²) in [5, 5.41) is 10.5. The van der Waals surface area contributed by atoms with Crippen molar-refractivity contribution in [2.45, 2.75) is 36.0 Å². The molecular weight excluding hydrogens is 411 g/mol. The van der Waals surface area contributed by atoms with E-state index in [2.05, 4.69) is 20.3 Å². The molecule has 0 amide bonds. The SMILES string of the molecule is O=S(=O)(c1ccc(C(F)(F)F)cc1)N1C(c2ncno2)c2n[nH]cc2C1C1CC1. The van der Waals surface area contributed by atoms with Gasteiger partial charge in [-0.05, 0) is 43.0 Å². The second-order valence-electron chi connectivity index (χ2n) is 7.05. The fourth-order valence-corrected chi connectivity index (χ4v) is 5.59. The number of hydrogen-bond donors (Lipinski definition) is 1. The van der Waals surface area contributed by atoms with Gasteiger partial charge in [-0.1, -0.05) is 5.16 Å². The van der Waals surface area contributed by atoms with E-state index >= 15 is 0 Å². The van der Waals surface area contributed by atoms with E-state index in [1.807, 2.05) is 0 Å². The van der Waals surface area contributed by atoms with E-state index in [1.54, 1.807) is 6.20 Å². The summed E-state index contributed by atoms with van der Waals surface area (Å²) in [6, 6.07) is 2.00. The highest BCUT2D eigenvalue weighted by molar-refractivity contribution is 7.89. The van der Waals surface area contributed by atoms with Crippen LogP contribution in [0.3, 0.4) is 0 Å². The predicted octanol–water partition coefficient (Wildman–Crippen LogP) is 3.06. The van der Waals surface area contributed by atoms with Gasteiger partial charge in [0, 0.05) is 11.8 Å². The molecule has 5 rings (SSSR count). The van der Waals surface area contributed by atoms with Crippen molar-refractivity contribution in [3.63, 3.8) is 0 Å². The Morgan fingerprint density at radius 2 is 1.90 bits per heavy atom. The molecule has 2 unspecified atom stereocenters. The second-order valence-corrected chi connectivity index (χ2v) is 8.89. The maximum Gasteiger partial charge on any atom is 0.416 e. The van der Waals surface area contributed by atoms with Crippen molar-refractivity contribution in [3.05, 3.63) is 59.5 Å².